The fraction of sp³-hybridized carbons (Fsp3) is 0.211. The van der Waals surface area contributed by atoms with Crippen LogP contribution in [0.5, 0.6) is 11.5 Å². The molecule has 0 bridgehead atoms. The first-order valence-electron chi connectivity index (χ1n) is 8.25. The normalized spacial score (nSPS) is 21.3. The number of H-pyrrole nitrogens is 1. The van der Waals surface area contributed by atoms with E-state index in [1.165, 1.54) is 0 Å². The molecular weight excluding hydrogens is 318 g/mol. The van der Waals surface area contributed by atoms with Crippen molar-refractivity contribution in [2.24, 2.45) is 5.73 Å². The standard InChI is InChI=1S/C19H17N3O3/c20-19(23)14-8-12-11-3-1-2-4-13(11)21-18(12)17(22-14)10-5-6-15-16(7-10)25-9-24-15/h1-7,14,17,21-22H,8-9H2,(H2,20,23)/t14-,17+/m0/s1. The number of hydrogen-bond donors (Lipinski definition) is 3. The minimum Gasteiger partial charge on any atom is -0.454 e. The molecule has 0 spiro atoms. The number of primary amides is 1. The third-order valence-corrected chi connectivity index (χ3v) is 4.98. The maximum Gasteiger partial charge on any atom is 0.234 e. The SMILES string of the molecule is NC(=O)[C@@H]1Cc2c([nH]c3ccccc23)[C@@H](c2ccc3c(c2)OCO3)N1. The van der Waals surface area contributed by atoms with Gasteiger partial charge in [0.25, 0.3) is 0 Å². The van der Waals surface area contributed by atoms with Crippen molar-refractivity contribution in [3.63, 3.8) is 0 Å². The first kappa shape index (κ1) is 14.4. The molecule has 0 radical (unpaired) electrons. The van der Waals surface area contributed by atoms with Gasteiger partial charge in [-0.05, 0) is 35.7 Å². The number of carbonyl (C=O) groups is 1. The lowest BCUT2D eigenvalue weighted by Gasteiger charge is -2.30. The average Bonchev–Trinajstić information content (AvgIpc) is 3.24. The fourth-order valence-electron chi connectivity index (χ4n) is 3.77. The Morgan fingerprint density at radius 2 is 1.96 bits per heavy atom. The predicted octanol–water partition coefficient (Wildman–Crippen LogP) is 1.99. The first-order chi connectivity index (χ1) is 12.2. The van der Waals surface area contributed by atoms with Gasteiger partial charge in [-0.15, -0.1) is 0 Å². The fourth-order valence-corrected chi connectivity index (χ4v) is 3.77. The third-order valence-electron chi connectivity index (χ3n) is 4.98. The summed E-state index contributed by atoms with van der Waals surface area (Å²) in [5.41, 5.74) is 9.88. The van der Waals surface area contributed by atoms with Crippen molar-refractivity contribution in [2.45, 2.75) is 18.5 Å². The molecule has 1 aromatic heterocycles. The Morgan fingerprint density at radius 1 is 1.12 bits per heavy atom. The Kier molecular flexibility index (Phi) is 3.02. The van der Waals surface area contributed by atoms with Gasteiger partial charge in [0, 0.05) is 16.6 Å². The van der Waals surface area contributed by atoms with Gasteiger partial charge in [-0.2, -0.15) is 0 Å². The molecule has 0 saturated heterocycles. The number of amides is 1. The van der Waals surface area contributed by atoms with E-state index in [0.717, 1.165) is 39.2 Å². The molecule has 25 heavy (non-hydrogen) atoms. The second-order valence-corrected chi connectivity index (χ2v) is 6.43. The smallest absolute Gasteiger partial charge is 0.234 e. The average molecular weight is 335 g/mol. The van der Waals surface area contributed by atoms with Gasteiger partial charge in [-0.25, -0.2) is 0 Å². The molecule has 6 heteroatoms. The van der Waals surface area contributed by atoms with Crippen LogP contribution in [0.2, 0.25) is 0 Å². The molecule has 3 aromatic rings. The molecule has 6 nitrogen and oxygen atoms in total. The largest absolute Gasteiger partial charge is 0.454 e. The zero-order valence-corrected chi connectivity index (χ0v) is 13.4. The third kappa shape index (κ3) is 2.18. The van der Waals surface area contributed by atoms with Crippen LogP contribution in [0, 0.1) is 0 Å². The van der Waals surface area contributed by atoms with Crippen LogP contribution in [0.1, 0.15) is 22.9 Å². The Labute approximate surface area is 143 Å². The number of aromatic nitrogens is 1. The molecule has 1 amide bonds. The summed E-state index contributed by atoms with van der Waals surface area (Å²) in [6.07, 6.45) is 0.579. The van der Waals surface area contributed by atoms with Crippen molar-refractivity contribution < 1.29 is 14.3 Å². The highest BCUT2D eigenvalue weighted by Gasteiger charge is 2.33. The molecule has 0 saturated carbocycles. The highest BCUT2D eigenvalue weighted by Crippen LogP contribution is 2.39. The molecule has 126 valence electrons. The van der Waals surface area contributed by atoms with E-state index in [1.54, 1.807) is 0 Å². The van der Waals surface area contributed by atoms with Crippen LogP contribution >= 0.6 is 0 Å². The molecule has 2 atom stereocenters. The number of fused-ring (bicyclic) bond motifs is 4. The number of carbonyl (C=O) groups excluding carboxylic acids is 1. The molecule has 4 N–H and O–H groups in total. The molecular formula is C19H17N3O3. The van der Waals surface area contributed by atoms with E-state index in [-0.39, 0.29) is 18.7 Å². The maximum absolute atomic E-state index is 11.9. The van der Waals surface area contributed by atoms with Gasteiger partial charge in [0.05, 0.1) is 12.1 Å². The first-order valence-corrected chi connectivity index (χ1v) is 8.25. The van der Waals surface area contributed by atoms with Crippen LogP contribution in [0.4, 0.5) is 0 Å². The quantitative estimate of drug-likeness (QED) is 0.668. The Morgan fingerprint density at radius 3 is 2.84 bits per heavy atom. The zero-order chi connectivity index (χ0) is 17.0. The number of para-hydroxylation sites is 1. The van der Waals surface area contributed by atoms with E-state index in [1.807, 2.05) is 36.4 Å². The van der Waals surface area contributed by atoms with Gasteiger partial charge in [-0.3, -0.25) is 10.1 Å². The molecule has 5 rings (SSSR count). The number of hydrogen-bond acceptors (Lipinski definition) is 4. The number of aromatic amines is 1. The molecule has 2 aliphatic rings. The van der Waals surface area contributed by atoms with Crippen LogP contribution in [-0.4, -0.2) is 23.7 Å². The Bertz CT molecular complexity index is 995. The van der Waals surface area contributed by atoms with Crippen molar-refractivity contribution in [1.29, 1.82) is 0 Å². The lowest BCUT2D eigenvalue weighted by atomic mass is 9.90. The minimum atomic E-state index is -0.415. The van der Waals surface area contributed by atoms with E-state index in [0.29, 0.717) is 6.42 Å². The van der Waals surface area contributed by atoms with Gasteiger partial charge in [0.2, 0.25) is 12.7 Å². The van der Waals surface area contributed by atoms with Crippen molar-refractivity contribution in [2.75, 3.05) is 6.79 Å². The van der Waals surface area contributed by atoms with Crippen LogP contribution in [0.15, 0.2) is 42.5 Å². The summed E-state index contributed by atoms with van der Waals surface area (Å²) in [7, 11) is 0. The van der Waals surface area contributed by atoms with Crippen molar-refractivity contribution >= 4 is 16.8 Å². The van der Waals surface area contributed by atoms with Crippen LogP contribution in [0.3, 0.4) is 0 Å². The summed E-state index contributed by atoms with van der Waals surface area (Å²) in [6, 6.07) is 13.4. The van der Waals surface area contributed by atoms with Crippen molar-refractivity contribution in [1.82, 2.24) is 10.3 Å². The highest BCUT2D eigenvalue weighted by atomic mass is 16.7. The number of ether oxygens (including phenoxy) is 2. The maximum atomic E-state index is 11.9. The lowest BCUT2D eigenvalue weighted by molar-refractivity contribution is -0.120. The summed E-state index contributed by atoms with van der Waals surface area (Å²) in [5.74, 6) is 1.11. The van der Waals surface area contributed by atoms with E-state index in [2.05, 4.69) is 16.4 Å². The second-order valence-electron chi connectivity index (χ2n) is 6.43. The summed E-state index contributed by atoms with van der Waals surface area (Å²) in [4.78, 5) is 15.4. The molecule has 3 heterocycles. The molecule has 0 fully saturated rings. The van der Waals surface area contributed by atoms with Crippen LogP contribution < -0.4 is 20.5 Å². The number of rotatable bonds is 2. The van der Waals surface area contributed by atoms with Gasteiger partial charge in [0.1, 0.15) is 0 Å². The number of benzene rings is 2. The van der Waals surface area contributed by atoms with E-state index in [9.17, 15) is 4.79 Å². The molecule has 2 aliphatic heterocycles. The Hall–Kier alpha value is -2.99. The van der Waals surface area contributed by atoms with Crippen molar-refractivity contribution in [3.8, 4) is 11.5 Å². The number of nitrogens with two attached hydrogens (primary N) is 1. The predicted molar refractivity (Wildman–Crippen MR) is 92.5 cm³/mol. The second kappa shape index (κ2) is 5.26. The zero-order valence-electron chi connectivity index (χ0n) is 13.4. The Balaban J connectivity index is 1.67. The van der Waals surface area contributed by atoms with Crippen LogP contribution in [-0.2, 0) is 11.2 Å². The molecule has 0 aliphatic carbocycles. The van der Waals surface area contributed by atoms with E-state index < -0.39 is 6.04 Å². The van der Waals surface area contributed by atoms with E-state index in [4.69, 9.17) is 15.2 Å². The molecule has 2 aromatic carbocycles. The lowest BCUT2D eigenvalue weighted by Crippen LogP contribution is -2.48. The van der Waals surface area contributed by atoms with Gasteiger partial charge < -0.3 is 20.2 Å². The summed E-state index contributed by atoms with van der Waals surface area (Å²) < 4.78 is 10.9. The highest BCUT2D eigenvalue weighted by molar-refractivity contribution is 5.88. The molecule has 0 unspecified atom stereocenters. The summed E-state index contributed by atoms with van der Waals surface area (Å²) >= 11 is 0. The van der Waals surface area contributed by atoms with Gasteiger partial charge in [-0.1, -0.05) is 24.3 Å². The van der Waals surface area contributed by atoms with Gasteiger partial charge >= 0.3 is 0 Å². The van der Waals surface area contributed by atoms with Crippen molar-refractivity contribution in [3.05, 3.63) is 59.3 Å². The topological polar surface area (TPSA) is 89.4 Å². The van der Waals surface area contributed by atoms with E-state index >= 15 is 0 Å². The summed E-state index contributed by atoms with van der Waals surface area (Å²) in [5, 5.41) is 4.51. The van der Waals surface area contributed by atoms with Crippen LogP contribution in [0.25, 0.3) is 10.9 Å². The number of nitrogens with one attached hydrogen (secondary N) is 2. The monoisotopic (exact) mass is 335 g/mol. The summed E-state index contributed by atoms with van der Waals surface area (Å²) in [6.45, 7) is 0.235. The van der Waals surface area contributed by atoms with Gasteiger partial charge in [0.15, 0.2) is 11.5 Å². The minimum absolute atomic E-state index is 0.164.